The van der Waals surface area contributed by atoms with Crippen molar-refractivity contribution in [3.05, 3.63) is 44.6 Å². The van der Waals surface area contributed by atoms with Crippen molar-refractivity contribution in [2.75, 3.05) is 13.1 Å². The smallest absolute Gasteiger partial charge is 0.267 e. The number of piperidine rings is 1. The van der Waals surface area contributed by atoms with Gasteiger partial charge in [0.1, 0.15) is 0 Å². The van der Waals surface area contributed by atoms with Crippen LogP contribution in [0.25, 0.3) is 0 Å². The molecule has 3 heterocycles. The lowest BCUT2D eigenvalue weighted by atomic mass is 9.94. The van der Waals surface area contributed by atoms with E-state index in [2.05, 4.69) is 20.2 Å². The van der Waals surface area contributed by atoms with E-state index in [1.807, 2.05) is 6.07 Å². The maximum absolute atomic E-state index is 12.3. The highest BCUT2D eigenvalue weighted by Gasteiger charge is 2.24. The molecule has 0 radical (unpaired) electrons. The third-order valence-electron chi connectivity index (χ3n) is 6.68. The van der Waals surface area contributed by atoms with E-state index in [1.165, 1.54) is 41.8 Å². The molecule has 0 unspecified atom stereocenters. The fourth-order valence-electron chi connectivity index (χ4n) is 5.03. The van der Waals surface area contributed by atoms with Crippen molar-refractivity contribution in [3.8, 4) is 0 Å². The zero-order chi connectivity index (χ0) is 18.2. The summed E-state index contributed by atoms with van der Waals surface area (Å²) in [6.07, 6.45) is 10.4. The Morgan fingerprint density at radius 2 is 1.93 bits per heavy atom. The molecule has 2 aromatic rings. The summed E-state index contributed by atoms with van der Waals surface area (Å²) < 4.78 is 1.73. The average Bonchev–Trinajstić information content (AvgIpc) is 3.30. The number of rotatable bonds is 4. The Hall–Kier alpha value is -1.95. The first-order chi connectivity index (χ1) is 13.3. The number of aromatic nitrogens is 4. The molecule has 0 atom stereocenters. The summed E-state index contributed by atoms with van der Waals surface area (Å²) in [4.78, 5) is 14.9. The van der Waals surface area contributed by atoms with Gasteiger partial charge < -0.3 is 0 Å². The van der Waals surface area contributed by atoms with E-state index in [0.29, 0.717) is 5.92 Å². The highest BCUT2D eigenvalue weighted by molar-refractivity contribution is 5.27. The second-order valence-electron chi connectivity index (χ2n) is 8.54. The molecule has 1 N–H and O–H groups in total. The number of nitrogens with one attached hydrogen (secondary N) is 1. The molecular weight excluding hydrogens is 338 g/mol. The van der Waals surface area contributed by atoms with Gasteiger partial charge >= 0.3 is 0 Å². The molecule has 1 fully saturated rings. The highest BCUT2D eigenvalue weighted by atomic mass is 16.1. The first kappa shape index (κ1) is 17.2. The first-order valence-corrected chi connectivity index (χ1v) is 10.6. The molecule has 2 aliphatic carbocycles. The fourth-order valence-corrected chi connectivity index (χ4v) is 5.03. The Labute approximate surface area is 160 Å². The lowest BCUT2D eigenvalue weighted by molar-refractivity contribution is 0.161. The molecule has 0 aromatic carbocycles. The Bertz CT molecular complexity index is 875. The van der Waals surface area contributed by atoms with Crippen LogP contribution in [-0.2, 0) is 38.8 Å². The molecule has 6 heteroatoms. The normalized spacial score (nSPS) is 20.6. The van der Waals surface area contributed by atoms with Gasteiger partial charge in [0.25, 0.3) is 5.56 Å². The van der Waals surface area contributed by atoms with Crippen LogP contribution in [0.1, 0.15) is 60.3 Å². The minimum atomic E-state index is 0.0845. The molecule has 0 saturated carbocycles. The maximum Gasteiger partial charge on any atom is 0.267 e. The quantitative estimate of drug-likeness (QED) is 0.900. The van der Waals surface area contributed by atoms with Gasteiger partial charge in [0, 0.05) is 24.8 Å². The van der Waals surface area contributed by atoms with Crippen LogP contribution in [0.15, 0.2) is 10.9 Å². The molecule has 2 aromatic heterocycles. The minimum Gasteiger partial charge on any atom is -0.297 e. The second-order valence-corrected chi connectivity index (χ2v) is 8.54. The van der Waals surface area contributed by atoms with Crippen molar-refractivity contribution < 1.29 is 0 Å². The standard InChI is InChI=1S/C21H29N5O/c27-21-12-16-4-3-7-18(16)24-26(21)13-15-8-10-25(11-9-15)14-20-17-5-1-2-6-19(17)22-23-20/h12,15H,1-11,13-14H2,(H,22,23). The van der Waals surface area contributed by atoms with E-state index in [0.717, 1.165) is 70.4 Å². The number of hydrogen-bond donors (Lipinski definition) is 1. The molecule has 144 valence electrons. The van der Waals surface area contributed by atoms with Crippen molar-refractivity contribution in [1.82, 2.24) is 24.9 Å². The number of fused-ring (bicyclic) bond motifs is 2. The van der Waals surface area contributed by atoms with Gasteiger partial charge in [-0.2, -0.15) is 10.2 Å². The van der Waals surface area contributed by atoms with Crippen molar-refractivity contribution in [2.45, 2.75) is 70.9 Å². The summed E-state index contributed by atoms with van der Waals surface area (Å²) in [6, 6.07) is 1.82. The van der Waals surface area contributed by atoms with E-state index in [9.17, 15) is 4.79 Å². The molecule has 1 aliphatic heterocycles. The van der Waals surface area contributed by atoms with Crippen molar-refractivity contribution >= 4 is 0 Å². The number of hydrogen-bond acceptors (Lipinski definition) is 4. The van der Waals surface area contributed by atoms with E-state index in [1.54, 1.807) is 4.68 Å². The Morgan fingerprint density at radius 3 is 2.81 bits per heavy atom. The summed E-state index contributed by atoms with van der Waals surface area (Å²) in [6.45, 7) is 3.92. The van der Waals surface area contributed by atoms with Crippen LogP contribution in [-0.4, -0.2) is 38.0 Å². The first-order valence-electron chi connectivity index (χ1n) is 10.6. The van der Waals surface area contributed by atoms with Gasteiger partial charge in [-0.05, 0) is 87.9 Å². The molecule has 0 amide bonds. The Kier molecular flexibility index (Phi) is 4.60. The summed E-state index contributed by atoms with van der Waals surface area (Å²) in [5, 5.41) is 12.5. The van der Waals surface area contributed by atoms with Crippen LogP contribution in [0.3, 0.4) is 0 Å². The largest absolute Gasteiger partial charge is 0.297 e. The number of likely N-dealkylation sites (tertiary alicyclic amines) is 1. The molecule has 0 spiro atoms. The van der Waals surface area contributed by atoms with Gasteiger partial charge in [-0.3, -0.25) is 14.8 Å². The number of aromatic amines is 1. The topological polar surface area (TPSA) is 66.8 Å². The SMILES string of the molecule is O=c1cc2c(nn1CC1CCN(Cc3n[nH]c4c3CCCC4)CC1)CCC2. The van der Waals surface area contributed by atoms with Crippen molar-refractivity contribution in [1.29, 1.82) is 0 Å². The van der Waals surface area contributed by atoms with E-state index in [-0.39, 0.29) is 5.56 Å². The van der Waals surface area contributed by atoms with Gasteiger partial charge in [0.05, 0.1) is 11.4 Å². The van der Waals surface area contributed by atoms with Gasteiger partial charge in [0.2, 0.25) is 0 Å². The Balaban J connectivity index is 1.19. The number of H-pyrrole nitrogens is 1. The zero-order valence-electron chi connectivity index (χ0n) is 16.0. The van der Waals surface area contributed by atoms with Crippen molar-refractivity contribution in [3.63, 3.8) is 0 Å². The van der Waals surface area contributed by atoms with Crippen LogP contribution < -0.4 is 5.56 Å². The number of nitrogens with zero attached hydrogens (tertiary/aromatic N) is 4. The van der Waals surface area contributed by atoms with E-state index < -0.39 is 0 Å². The monoisotopic (exact) mass is 367 g/mol. The van der Waals surface area contributed by atoms with Crippen LogP contribution in [0.4, 0.5) is 0 Å². The van der Waals surface area contributed by atoms with Crippen LogP contribution in [0, 0.1) is 5.92 Å². The molecular formula is C21H29N5O. The fraction of sp³-hybridized carbons (Fsp3) is 0.667. The summed E-state index contributed by atoms with van der Waals surface area (Å²) in [5.74, 6) is 0.555. The lowest BCUT2D eigenvalue weighted by Gasteiger charge is -2.31. The molecule has 6 nitrogen and oxygen atoms in total. The van der Waals surface area contributed by atoms with Crippen LogP contribution >= 0.6 is 0 Å². The Morgan fingerprint density at radius 1 is 1.07 bits per heavy atom. The molecule has 3 aliphatic rings. The zero-order valence-corrected chi connectivity index (χ0v) is 16.0. The average molecular weight is 367 g/mol. The summed E-state index contributed by atoms with van der Waals surface area (Å²) >= 11 is 0. The minimum absolute atomic E-state index is 0.0845. The van der Waals surface area contributed by atoms with E-state index in [4.69, 9.17) is 0 Å². The molecule has 0 bridgehead atoms. The molecule has 5 rings (SSSR count). The predicted octanol–water partition coefficient (Wildman–Crippen LogP) is 2.25. The highest BCUT2D eigenvalue weighted by Crippen LogP contribution is 2.25. The summed E-state index contributed by atoms with van der Waals surface area (Å²) in [7, 11) is 0. The van der Waals surface area contributed by atoms with Crippen LogP contribution in [0.5, 0.6) is 0 Å². The van der Waals surface area contributed by atoms with Gasteiger partial charge in [-0.15, -0.1) is 0 Å². The lowest BCUT2D eigenvalue weighted by Crippen LogP contribution is -2.37. The van der Waals surface area contributed by atoms with Crippen molar-refractivity contribution in [2.24, 2.45) is 5.92 Å². The van der Waals surface area contributed by atoms with E-state index >= 15 is 0 Å². The van der Waals surface area contributed by atoms with Gasteiger partial charge in [-0.25, -0.2) is 4.68 Å². The predicted molar refractivity (Wildman–Crippen MR) is 104 cm³/mol. The maximum atomic E-state index is 12.3. The van der Waals surface area contributed by atoms with Gasteiger partial charge in [-0.1, -0.05) is 0 Å². The third-order valence-corrected chi connectivity index (χ3v) is 6.68. The third kappa shape index (κ3) is 3.47. The van der Waals surface area contributed by atoms with Crippen LogP contribution in [0.2, 0.25) is 0 Å². The van der Waals surface area contributed by atoms with Gasteiger partial charge in [0.15, 0.2) is 0 Å². The molecule has 27 heavy (non-hydrogen) atoms. The number of aryl methyl sites for hydroxylation is 3. The summed E-state index contributed by atoms with van der Waals surface area (Å²) in [5.41, 5.74) is 6.52. The molecule has 1 saturated heterocycles. The second kappa shape index (κ2) is 7.23.